The number of carbonyl (C=O) groups is 1. The van der Waals surface area contributed by atoms with Crippen LogP contribution < -0.4 is 10.6 Å². The van der Waals surface area contributed by atoms with Gasteiger partial charge in [0.1, 0.15) is 11.6 Å². The van der Waals surface area contributed by atoms with Crippen molar-refractivity contribution in [3.05, 3.63) is 47.8 Å². The number of amides is 1. The van der Waals surface area contributed by atoms with E-state index < -0.39 is 0 Å². The van der Waals surface area contributed by atoms with Crippen molar-refractivity contribution in [3.63, 3.8) is 0 Å². The first kappa shape index (κ1) is 12.0. The van der Waals surface area contributed by atoms with Crippen LogP contribution in [0.4, 0.5) is 11.6 Å². The number of nitrogens with one attached hydrogen (secondary N) is 2. The molecule has 0 spiro atoms. The molecule has 0 aromatic carbocycles. The highest BCUT2D eigenvalue weighted by Crippen LogP contribution is 2.13. The molecule has 18 heavy (non-hydrogen) atoms. The average molecular weight is 242 g/mol. The van der Waals surface area contributed by atoms with Crippen molar-refractivity contribution in [2.45, 2.75) is 6.92 Å². The van der Waals surface area contributed by atoms with Crippen molar-refractivity contribution in [1.82, 2.24) is 9.97 Å². The summed E-state index contributed by atoms with van der Waals surface area (Å²) >= 11 is 0. The van der Waals surface area contributed by atoms with Crippen LogP contribution in [0.25, 0.3) is 0 Å². The minimum Gasteiger partial charge on any atom is -0.372 e. The van der Waals surface area contributed by atoms with Crippen LogP contribution in [-0.4, -0.2) is 22.9 Å². The summed E-state index contributed by atoms with van der Waals surface area (Å²) in [5.74, 6) is 0.846. The van der Waals surface area contributed by atoms with Crippen molar-refractivity contribution in [1.29, 1.82) is 0 Å². The molecule has 0 aliphatic carbocycles. The fraction of sp³-hybridized carbons (Fsp3) is 0.154. The molecule has 2 rings (SSSR count). The summed E-state index contributed by atoms with van der Waals surface area (Å²) in [7, 11) is 1.73. The topological polar surface area (TPSA) is 66.9 Å². The summed E-state index contributed by atoms with van der Waals surface area (Å²) in [5, 5.41) is 5.62. The number of nitrogens with zero attached hydrogens (tertiary/aromatic N) is 2. The van der Waals surface area contributed by atoms with Crippen LogP contribution in [-0.2, 0) is 0 Å². The number of pyridine rings is 2. The highest BCUT2D eigenvalue weighted by molar-refractivity contribution is 6.07. The third-order valence-corrected chi connectivity index (χ3v) is 2.45. The Kier molecular flexibility index (Phi) is 3.52. The lowest BCUT2D eigenvalue weighted by atomic mass is 10.2. The van der Waals surface area contributed by atoms with Crippen LogP contribution in [0, 0.1) is 6.92 Å². The van der Waals surface area contributed by atoms with Gasteiger partial charge in [-0.3, -0.25) is 4.79 Å². The van der Waals surface area contributed by atoms with Crippen LogP contribution >= 0.6 is 0 Å². The Labute approximate surface area is 105 Å². The van der Waals surface area contributed by atoms with E-state index in [1.165, 1.54) is 0 Å². The van der Waals surface area contributed by atoms with Crippen molar-refractivity contribution in [2.24, 2.45) is 0 Å². The number of aryl methyl sites for hydroxylation is 1. The zero-order chi connectivity index (χ0) is 13.0. The summed E-state index contributed by atoms with van der Waals surface area (Å²) in [4.78, 5) is 20.2. The molecule has 0 saturated heterocycles. The number of aromatic nitrogens is 2. The second kappa shape index (κ2) is 5.27. The quantitative estimate of drug-likeness (QED) is 0.864. The number of hydrogen-bond acceptors (Lipinski definition) is 4. The van der Waals surface area contributed by atoms with Gasteiger partial charge in [-0.05, 0) is 36.8 Å². The molecule has 2 N–H and O–H groups in total. The van der Waals surface area contributed by atoms with E-state index in [9.17, 15) is 4.79 Å². The average Bonchev–Trinajstić information content (AvgIpc) is 2.38. The van der Waals surface area contributed by atoms with Crippen LogP contribution in [0.1, 0.15) is 15.9 Å². The molecule has 1 amide bonds. The number of carbonyl (C=O) groups excluding carboxylic acids is 1. The van der Waals surface area contributed by atoms with Crippen LogP contribution in [0.5, 0.6) is 0 Å². The second-order valence-electron chi connectivity index (χ2n) is 3.82. The maximum absolute atomic E-state index is 12.1. The molecule has 0 bridgehead atoms. The highest BCUT2D eigenvalue weighted by atomic mass is 16.1. The SMILES string of the molecule is CNc1ncccc1C(=O)Nc1cc(C)ccn1. The van der Waals surface area contributed by atoms with E-state index in [4.69, 9.17) is 0 Å². The van der Waals surface area contributed by atoms with Gasteiger partial charge in [0.25, 0.3) is 5.91 Å². The van der Waals surface area contributed by atoms with E-state index in [1.807, 2.05) is 19.1 Å². The van der Waals surface area contributed by atoms with Gasteiger partial charge in [-0.15, -0.1) is 0 Å². The molecular formula is C13H14N4O. The zero-order valence-corrected chi connectivity index (χ0v) is 10.3. The first-order valence-electron chi connectivity index (χ1n) is 5.57. The largest absolute Gasteiger partial charge is 0.372 e. The van der Waals surface area contributed by atoms with Gasteiger partial charge in [-0.2, -0.15) is 0 Å². The third-order valence-electron chi connectivity index (χ3n) is 2.45. The molecule has 5 heteroatoms. The van der Waals surface area contributed by atoms with Crippen LogP contribution in [0.2, 0.25) is 0 Å². The standard InChI is InChI=1S/C13H14N4O/c1-9-5-7-15-11(8-9)17-13(18)10-4-3-6-16-12(10)14-2/h3-8H,1-2H3,(H,14,16)(H,15,17,18). The Morgan fingerprint density at radius 2 is 2.06 bits per heavy atom. The maximum atomic E-state index is 12.1. The van der Waals surface area contributed by atoms with Gasteiger partial charge in [-0.1, -0.05) is 0 Å². The predicted octanol–water partition coefficient (Wildman–Crippen LogP) is 2.08. The Morgan fingerprint density at radius 1 is 1.22 bits per heavy atom. The molecule has 2 aromatic heterocycles. The molecule has 2 aromatic rings. The van der Waals surface area contributed by atoms with E-state index in [2.05, 4.69) is 20.6 Å². The zero-order valence-electron chi connectivity index (χ0n) is 10.3. The van der Waals surface area contributed by atoms with Gasteiger partial charge in [0, 0.05) is 19.4 Å². The lowest BCUT2D eigenvalue weighted by molar-refractivity contribution is 0.102. The summed E-state index contributed by atoms with van der Waals surface area (Å²) in [6.45, 7) is 1.94. The van der Waals surface area contributed by atoms with Gasteiger partial charge in [0.2, 0.25) is 0 Å². The van der Waals surface area contributed by atoms with Gasteiger partial charge < -0.3 is 10.6 Å². The fourth-order valence-corrected chi connectivity index (χ4v) is 1.58. The Morgan fingerprint density at radius 3 is 2.78 bits per heavy atom. The third kappa shape index (κ3) is 2.63. The van der Waals surface area contributed by atoms with E-state index in [0.29, 0.717) is 17.2 Å². The summed E-state index contributed by atoms with van der Waals surface area (Å²) < 4.78 is 0. The normalized spacial score (nSPS) is 9.89. The summed E-state index contributed by atoms with van der Waals surface area (Å²) in [5.41, 5.74) is 1.53. The number of rotatable bonds is 3. The van der Waals surface area contributed by atoms with E-state index in [0.717, 1.165) is 5.56 Å². The molecule has 0 saturated carbocycles. The van der Waals surface area contributed by atoms with E-state index in [-0.39, 0.29) is 5.91 Å². The number of hydrogen-bond donors (Lipinski definition) is 2. The molecule has 92 valence electrons. The lowest BCUT2D eigenvalue weighted by Gasteiger charge is -2.08. The Hall–Kier alpha value is -2.43. The molecular weight excluding hydrogens is 228 g/mol. The smallest absolute Gasteiger partial charge is 0.260 e. The minimum atomic E-state index is -0.231. The van der Waals surface area contributed by atoms with Crippen LogP contribution in [0.15, 0.2) is 36.7 Å². The second-order valence-corrected chi connectivity index (χ2v) is 3.82. The molecule has 0 aliphatic rings. The Bertz CT molecular complexity index is 568. The van der Waals surface area contributed by atoms with Crippen LogP contribution in [0.3, 0.4) is 0 Å². The molecule has 0 atom stereocenters. The summed E-state index contributed by atoms with van der Waals surface area (Å²) in [6.07, 6.45) is 3.29. The van der Waals surface area contributed by atoms with Crippen molar-refractivity contribution >= 4 is 17.5 Å². The molecule has 0 unspecified atom stereocenters. The molecule has 0 aliphatic heterocycles. The fourth-order valence-electron chi connectivity index (χ4n) is 1.58. The summed E-state index contributed by atoms with van der Waals surface area (Å²) in [6, 6.07) is 7.12. The van der Waals surface area contributed by atoms with Gasteiger partial charge in [0.15, 0.2) is 0 Å². The highest BCUT2D eigenvalue weighted by Gasteiger charge is 2.11. The lowest BCUT2D eigenvalue weighted by Crippen LogP contribution is -2.15. The Balaban J connectivity index is 2.22. The van der Waals surface area contributed by atoms with Gasteiger partial charge in [-0.25, -0.2) is 9.97 Å². The van der Waals surface area contributed by atoms with Gasteiger partial charge >= 0.3 is 0 Å². The molecule has 0 radical (unpaired) electrons. The first-order chi connectivity index (χ1) is 8.70. The van der Waals surface area contributed by atoms with Crippen molar-refractivity contribution in [3.8, 4) is 0 Å². The molecule has 2 heterocycles. The number of anilines is 2. The van der Waals surface area contributed by atoms with Gasteiger partial charge in [0.05, 0.1) is 5.56 Å². The minimum absolute atomic E-state index is 0.231. The molecule has 5 nitrogen and oxygen atoms in total. The first-order valence-corrected chi connectivity index (χ1v) is 5.57. The van der Waals surface area contributed by atoms with E-state index >= 15 is 0 Å². The van der Waals surface area contributed by atoms with Crippen molar-refractivity contribution < 1.29 is 4.79 Å². The monoisotopic (exact) mass is 242 g/mol. The van der Waals surface area contributed by atoms with E-state index in [1.54, 1.807) is 31.6 Å². The predicted molar refractivity (Wildman–Crippen MR) is 70.7 cm³/mol. The maximum Gasteiger partial charge on any atom is 0.260 e. The molecule has 0 fully saturated rings. The van der Waals surface area contributed by atoms with Crippen molar-refractivity contribution in [2.75, 3.05) is 17.7 Å².